The summed E-state index contributed by atoms with van der Waals surface area (Å²) in [5, 5.41) is 19.5. The van der Waals surface area contributed by atoms with Gasteiger partial charge < -0.3 is 5.73 Å². The van der Waals surface area contributed by atoms with Gasteiger partial charge in [-0.25, -0.2) is 10.1 Å². The molecule has 0 aliphatic carbocycles. The number of nitrogens with one attached hydrogen (secondary N) is 1. The Kier molecular flexibility index (Phi) is 6.24. The van der Waals surface area contributed by atoms with Gasteiger partial charge in [0.05, 0.1) is 11.4 Å². The van der Waals surface area contributed by atoms with Crippen molar-refractivity contribution in [1.82, 2.24) is 30.7 Å². The van der Waals surface area contributed by atoms with Gasteiger partial charge in [0.2, 0.25) is 11.6 Å². The van der Waals surface area contributed by atoms with E-state index in [1.807, 2.05) is 32.9 Å². The van der Waals surface area contributed by atoms with E-state index in [0.717, 1.165) is 12.0 Å². The number of hydrogen-bond acceptors (Lipinski definition) is 8. The summed E-state index contributed by atoms with van der Waals surface area (Å²) in [6.07, 6.45) is 1.02. The third kappa shape index (κ3) is 4.53. The molecular formula is C20H26N8O2. The van der Waals surface area contributed by atoms with Crippen molar-refractivity contribution in [2.45, 2.75) is 47.0 Å². The molecule has 1 aromatic carbocycles. The summed E-state index contributed by atoms with van der Waals surface area (Å²) in [4.78, 5) is 12.7. The van der Waals surface area contributed by atoms with Crippen molar-refractivity contribution >= 4 is 17.4 Å². The lowest BCUT2D eigenvalue weighted by molar-refractivity contribution is 0.0948. The van der Waals surface area contributed by atoms with Crippen LogP contribution in [0, 0.1) is 5.92 Å². The lowest BCUT2D eigenvalue weighted by atomic mass is 10.0. The van der Waals surface area contributed by atoms with Crippen LogP contribution in [0.15, 0.2) is 34.0 Å². The van der Waals surface area contributed by atoms with Crippen molar-refractivity contribution in [2.75, 3.05) is 5.73 Å². The zero-order valence-corrected chi connectivity index (χ0v) is 17.7. The number of rotatable bonds is 7. The van der Waals surface area contributed by atoms with Crippen LogP contribution in [0.4, 0.5) is 5.82 Å². The molecule has 0 fully saturated rings. The molecule has 3 rings (SSSR count). The van der Waals surface area contributed by atoms with Gasteiger partial charge in [0.25, 0.3) is 5.91 Å². The number of nitrogens with zero attached hydrogens (tertiary/aromatic N) is 6. The quantitative estimate of drug-likeness (QED) is 0.451. The number of nitrogens with two attached hydrogens (primary N) is 1. The highest BCUT2D eigenvalue weighted by atomic mass is 16.6. The van der Waals surface area contributed by atoms with E-state index in [1.165, 1.54) is 10.2 Å². The van der Waals surface area contributed by atoms with Crippen molar-refractivity contribution in [2.24, 2.45) is 11.0 Å². The molecule has 30 heavy (non-hydrogen) atoms. The standard InChI is InChI=1S/C20H26N8O2/c1-11(2)10-14-6-8-15(9-7-14)13(5)22-24-20(29)16-17(12(3)4)28(27-23-16)19-18(21)25-30-26-19/h6-9,11-12H,10H2,1-5H3,(H2,21,25)(H,24,29)/b22-13+. The summed E-state index contributed by atoms with van der Waals surface area (Å²) < 4.78 is 5.98. The average Bonchev–Trinajstić information content (AvgIpc) is 3.31. The Balaban J connectivity index is 1.79. The Hall–Kier alpha value is -3.56. The molecule has 158 valence electrons. The highest BCUT2D eigenvalue weighted by Crippen LogP contribution is 2.22. The Labute approximate surface area is 174 Å². The maximum atomic E-state index is 12.7. The first kappa shape index (κ1) is 21.2. The van der Waals surface area contributed by atoms with Crippen LogP contribution >= 0.6 is 0 Å². The van der Waals surface area contributed by atoms with E-state index >= 15 is 0 Å². The first-order valence-electron chi connectivity index (χ1n) is 9.75. The van der Waals surface area contributed by atoms with Gasteiger partial charge in [0, 0.05) is 0 Å². The minimum atomic E-state index is -0.476. The molecule has 0 unspecified atom stereocenters. The molecule has 0 aliphatic heterocycles. The Morgan fingerprint density at radius 2 is 1.90 bits per heavy atom. The number of hydrogen-bond donors (Lipinski definition) is 2. The molecule has 0 saturated carbocycles. The van der Waals surface area contributed by atoms with Gasteiger partial charge in [0.1, 0.15) is 0 Å². The van der Waals surface area contributed by atoms with Gasteiger partial charge >= 0.3 is 0 Å². The second-order valence-electron chi connectivity index (χ2n) is 7.80. The molecule has 3 N–H and O–H groups in total. The third-order valence-electron chi connectivity index (χ3n) is 4.50. The van der Waals surface area contributed by atoms with E-state index in [0.29, 0.717) is 17.3 Å². The van der Waals surface area contributed by atoms with Crippen LogP contribution < -0.4 is 11.2 Å². The lowest BCUT2D eigenvalue weighted by Crippen LogP contribution is -2.22. The van der Waals surface area contributed by atoms with Crippen LogP contribution in [0.3, 0.4) is 0 Å². The number of amides is 1. The molecule has 0 aliphatic rings. The van der Waals surface area contributed by atoms with Gasteiger partial charge in [-0.15, -0.1) is 5.10 Å². The smallest absolute Gasteiger partial charge is 0.293 e. The normalized spacial score (nSPS) is 12.0. The fraction of sp³-hybridized carbons (Fsp3) is 0.400. The molecular weight excluding hydrogens is 384 g/mol. The maximum Gasteiger partial charge on any atom is 0.293 e. The average molecular weight is 410 g/mol. The molecule has 1 amide bonds. The SMILES string of the molecule is C/C(=N\NC(=O)c1nnn(-c2nonc2N)c1C(C)C)c1ccc(CC(C)C)cc1. The van der Waals surface area contributed by atoms with Gasteiger partial charge in [-0.3, -0.25) is 4.79 Å². The minimum absolute atomic E-state index is 0.0588. The summed E-state index contributed by atoms with van der Waals surface area (Å²) in [5.41, 5.74) is 11.8. The summed E-state index contributed by atoms with van der Waals surface area (Å²) >= 11 is 0. The van der Waals surface area contributed by atoms with Crippen molar-refractivity contribution in [3.63, 3.8) is 0 Å². The van der Waals surface area contributed by atoms with E-state index in [1.54, 1.807) is 0 Å². The van der Waals surface area contributed by atoms with Crippen LogP contribution in [0.25, 0.3) is 5.82 Å². The van der Waals surface area contributed by atoms with Gasteiger partial charge in [-0.2, -0.15) is 9.78 Å². The van der Waals surface area contributed by atoms with E-state index in [4.69, 9.17) is 5.73 Å². The Bertz CT molecular complexity index is 1050. The summed E-state index contributed by atoms with van der Waals surface area (Å²) in [5.74, 6) is 0.276. The van der Waals surface area contributed by atoms with Crippen LogP contribution in [-0.4, -0.2) is 36.9 Å². The van der Waals surface area contributed by atoms with Crippen LogP contribution in [0.2, 0.25) is 0 Å². The first-order valence-corrected chi connectivity index (χ1v) is 9.75. The van der Waals surface area contributed by atoms with Gasteiger partial charge in [-0.05, 0) is 46.6 Å². The zero-order chi connectivity index (χ0) is 21.8. The van der Waals surface area contributed by atoms with Crippen molar-refractivity contribution in [3.8, 4) is 5.82 Å². The van der Waals surface area contributed by atoms with Crippen molar-refractivity contribution in [3.05, 3.63) is 46.8 Å². The second kappa shape index (κ2) is 8.85. The molecule has 0 radical (unpaired) electrons. The number of carbonyl (C=O) groups is 1. The molecule has 0 saturated heterocycles. The number of nitrogen functional groups attached to an aromatic ring is 1. The summed E-state index contributed by atoms with van der Waals surface area (Å²) in [6.45, 7) is 10.0. The Morgan fingerprint density at radius 3 is 2.47 bits per heavy atom. The monoisotopic (exact) mass is 410 g/mol. The number of hydrazone groups is 1. The van der Waals surface area contributed by atoms with Crippen LogP contribution in [-0.2, 0) is 6.42 Å². The second-order valence-corrected chi connectivity index (χ2v) is 7.80. The van der Waals surface area contributed by atoms with Crippen molar-refractivity contribution in [1.29, 1.82) is 0 Å². The van der Waals surface area contributed by atoms with Gasteiger partial charge in [0.15, 0.2) is 5.69 Å². The fourth-order valence-corrected chi connectivity index (χ4v) is 3.07. The molecule has 10 heteroatoms. The van der Waals surface area contributed by atoms with Crippen LogP contribution in [0.1, 0.15) is 67.8 Å². The predicted molar refractivity (Wildman–Crippen MR) is 112 cm³/mol. The zero-order valence-electron chi connectivity index (χ0n) is 17.7. The molecule has 2 heterocycles. The molecule has 3 aromatic rings. The number of aromatic nitrogens is 5. The fourth-order valence-electron chi connectivity index (χ4n) is 3.07. The maximum absolute atomic E-state index is 12.7. The highest BCUT2D eigenvalue weighted by Gasteiger charge is 2.25. The van der Waals surface area contributed by atoms with Crippen molar-refractivity contribution < 1.29 is 9.42 Å². The number of benzene rings is 1. The van der Waals surface area contributed by atoms with E-state index < -0.39 is 5.91 Å². The van der Waals surface area contributed by atoms with E-state index in [9.17, 15) is 4.79 Å². The summed E-state index contributed by atoms with van der Waals surface area (Å²) in [7, 11) is 0. The highest BCUT2D eigenvalue weighted by molar-refractivity contribution is 6.00. The molecule has 0 atom stereocenters. The molecule has 0 spiro atoms. The minimum Gasteiger partial charge on any atom is -0.378 e. The lowest BCUT2D eigenvalue weighted by Gasteiger charge is -2.09. The van der Waals surface area contributed by atoms with E-state index in [2.05, 4.69) is 61.8 Å². The first-order chi connectivity index (χ1) is 14.3. The topological polar surface area (TPSA) is 137 Å². The third-order valence-corrected chi connectivity index (χ3v) is 4.50. The van der Waals surface area contributed by atoms with E-state index in [-0.39, 0.29) is 23.2 Å². The number of anilines is 1. The molecule has 10 nitrogen and oxygen atoms in total. The Morgan fingerprint density at radius 1 is 1.20 bits per heavy atom. The van der Waals surface area contributed by atoms with Crippen LogP contribution in [0.5, 0.6) is 0 Å². The number of carbonyl (C=O) groups excluding carboxylic acids is 1. The molecule has 0 bridgehead atoms. The summed E-state index contributed by atoms with van der Waals surface area (Å²) in [6, 6.07) is 8.15. The largest absolute Gasteiger partial charge is 0.378 e. The van der Waals surface area contributed by atoms with Gasteiger partial charge in [-0.1, -0.05) is 57.2 Å². The predicted octanol–water partition coefficient (Wildman–Crippen LogP) is 2.71. The molecule has 2 aromatic heterocycles.